The lowest BCUT2D eigenvalue weighted by molar-refractivity contribution is 1.06. The van der Waals surface area contributed by atoms with E-state index in [1.807, 2.05) is 65.2 Å². The molecule has 0 aliphatic heterocycles. The second-order valence-electron chi connectivity index (χ2n) is 19.8. The van der Waals surface area contributed by atoms with Crippen molar-refractivity contribution < 1.29 is 0 Å². The van der Waals surface area contributed by atoms with E-state index in [-0.39, 0.29) is 11.1 Å². The topological polar surface area (TPSA) is 80.6 Å². The Morgan fingerprint density at radius 1 is 0.316 bits per heavy atom. The van der Waals surface area contributed by atoms with Crippen LogP contribution < -0.4 is 11.1 Å². The van der Waals surface area contributed by atoms with E-state index in [0.29, 0.717) is 10.8 Å². The zero-order valence-corrected chi connectivity index (χ0v) is 44.6. The number of para-hydroxylation sites is 2. The summed E-state index contributed by atoms with van der Waals surface area (Å²) in [5.41, 5.74) is 7.18. The zero-order valence-electron chi connectivity index (χ0n) is 42.4. The van der Waals surface area contributed by atoms with Crippen molar-refractivity contribution >= 4 is 131 Å². The highest BCUT2D eigenvalue weighted by Crippen LogP contribution is 2.39. The van der Waals surface area contributed by atoms with Crippen molar-refractivity contribution in [2.24, 2.45) is 0 Å². The molecule has 12 aromatic carbocycles. The number of aromatic nitrogens is 4. The van der Waals surface area contributed by atoms with Gasteiger partial charge in [0.2, 0.25) is 0 Å². The van der Waals surface area contributed by atoms with Crippen LogP contribution in [0.25, 0.3) is 136 Å². The predicted molar refractivity (Wildman–Crippen MR) is 340 cm³/mol. The van der Waals surface area contributed by atoms with Gasteiger partial charge in [-0.15, -0.1) is 0 Å². The quantitative estimate of drug-likeness (QED) is 0.141. The third-order valence-corrected chi connectivity index (χ3v) is 16.0. The summed E-state index contributed by atoms with van der Waals surface area (Å²) in [7, 11) is 0. The van der Waals surface area contributed by atoms with Gasteiger partial charge in [-0.25, -0.2) is 0 Å². The van der Waals surface area contributed by atoms with E-state index in [1.54, 1.807) is 30.9 Å². The molecular weight excluding hydrogens is 1080 g/mol. The van der Waals surface area contributed by atoms with Crippen molar-refractivity contribution in [3.63, 3.8) is 0 Å². The second-order valence-corrected chi connectivity index (χ2v) is 21.0. The fraction of sp³-hybridized carbons (Fsp3) is 0. The first-order valence-corrected chi connectivity index (χ1v) is 27.3. The summed E-state index contributed by atoms with van der Waals surface area (Å²) in [5.74, 6) is 0. The summed E-state index contributed by atoms with van der Waals surface area (Å²) >= 11 is 2.38. The van der Waals surface area contributed by atoms with Gasteiger partial charge in [0.15, 0.2) is 0 Å². The van der Waals surface area contributed by atoms with Gasteiger partial charge in [-0.3, -0.25) is 24.1 Å². The maximum absolute atomic E-state index is 13.8. The van der Waals surface area contributed by atoms with Crippen LogP contribution >= 0.6 is 22.6 Å². The molecule has 372 valence electrons. The fourth-order valence-electron chi connectivity index (χ4n) is 11.7. The maximum atomic E-state index is 13.8. The molecule has 16 aromatic rings. The van der Waals surface area contributed by atoms with Crippen LogP contribution in [-0.4, -0.2) is 19.5 Å². The lowest BCUT2D eigenvalue weighted by Gasteiger charge is -2.15. The molecule has 0 aliphatic carbocycles. The Morgan fingerprint density at radius 3 is 1.28 bits per heavy atom. The highest BCUT2D eigenvalue weighted by molar-refractivity contribution is 14.1. The van der Waals surface area contributed by atoms with Crippen LogP contribution in [0.3, 0.4) is 0 Å². The second kappa shape index (κ2) is 19.9. The number of hydrogen-bond acceptors (Lipinski definition) is 4. The zero-order chi connectivity index (χ0) is 53.0. The Kier molecular flexibility index (Phi) is 12.0. The number of rotatable bonds is 3. The SMILES string of the molecule is Ic1cccc(-c2ccc3c4ccccc4c4ccccc4c3c2)c1.O=c1[nH]c2ccccc2c2cnccc12.O=c1c2ccncc2c2ccccc2n1-c1cccc(-c2ccc3c4ccccc4c4ccccc4c3c2)c1. The molecule has 1 N–H and O–H groups in total. The summed E-state index contributed by atoms with van der Waals surface area (Å²) in [6.07, 6.45) is 6.82. The molecule has 0 spiro atoms. The molecule has 4 heterocycles. The third-order valence-electron chi connectivity index (χ3n) is 15.3. The van der Waals surface area contributed by atoms with E-state index < -0.39 is 0 Å². The van der Waals surface area contributed by atoms with Crippen molar-refractivity contribution in [3.8, 4) is 27.9 Å². The molecule has 0 unspecified atom stereocenters. The molecule has 6 nitrogen and oxygen atoms in total. The number of nitrogens with zero attached hydrogens (tertiary/aromatic N) is 3. The number of benzene rings is 12. The van der Waals surface area contributed by atoms with Crippen LogP contribution in [-0.2, 0) is 0 Å². The van der Waals surface area contributed by atoms with Crippen molar-refractivity contribution in [2.75, 3.05) is 0 Å². The first kappa shape index (κ1) is 47.6. The molecule has 0 saturated carbocycles. The first-order chi connectivity index (χ1) is 38.9. The Labute approximate surface area is 466 Å². The van der Waals surface area contributed by atoms with Gasteiger partial charge in [0.05, 0.1) is 16.3 Å². The Bertz CT molecular complexity index is 5170. The number of fused-ring (bicyclic) bond motifs is 18. The minimum Gasteiger partial charge on any atom is -0.321 e. The standard InChI is InChI=1S/C36H22N2O.C24H15I.C12H8N2O/c39-36-32-18-19-37-22-34(32)31-14-5-6-15-35(31)38(36)25-9-7-8-23(20-25)24-16-17-30-28-12-2-1-10-26(28)27-11-3-4-13-29(27)33(30)21-24;25-18-7-5-6-16(14-18)17-12-13-23-21-10-2-1-8-19(21)20-9-3-4-11-22(20)24(23)15-17;15-12-9-5-6-13-7-10(9)8-3-1-2-4-11(8)14-12/h1-22H;1-15H;1-7H,(H,14,15). The van der Waals surface area contributed by atoms with Crippen LogP contribution in [0.1, 0.15) is 0 Å². The monoisotopic (exact) mass is 1120 g/mol. The lowest BCUT2D eigenvalue weighted by Crippen LogP contribution is -2.19. The molecule has 0 aliphatic rings. The maximum Gasteiger partial charge on any atom is 0.263 e. The molecule has 0 atom stereocenters. The molecule has 0 fully saturated rings. The van der Waals surface area contributed by atoms with E-state index in [9.17, 15) is 9.59 Å². The van der Waals surface area contributed by atoms with Gasteiger partial charge < -0.3 is 4.98 Å². The molecule has 4 aromatic heterocycles. The van der Waals surface area contributed by atoms with Gasteiger partial charge in [0.1, 0.15) is 0 Å². The molecule has 7 heteroatoms. The summed E-state index contributed by atoms with van der Waals surface area (Å²) < 4.78 is 3.09. The molecule has 0 bridgehead atoms. The average molecular weight is 1130 g/mol. The van der Waals surface area contributed by atoms with Crippen molar-refractivity contribution in [2.45, 2.75) is 0 Å². The van der Waals surface area contributed by atoms with Gasteiger partial charge in [0, 0.05) is 61.1 Å². The minimum absolute atomic E-state index is 0.0424. The molecule has 16 rings (SSSR count). The molecule has 0 radical (unpaired) electrons. The van der Waals surface area contributed by atoms with Gasteiger partial charge >= 0.3 is 0 Å². The number of aromatic amines is 1. The Hall–Kier alpha value is -9.83. The Balaban J connectivity index is 0.000000120. The van der Waals surface area contributed by atoms with Crippen LogP contribution in [0.4, 0.5) is 0 Å². The largest absolute Gasteiger partial charge is 0.321 e. The van der Waals surface area contributed by atoms with Crippen LogP contribution in [0, 0.1) is 3.57 Å². The van der Waals surface area contributed by atoms with Crippen molar-refractivity contribution in [1.82, 2.24) is 19.5 Å². The van der Waals surface area contributed by atoms with Crippen LogP contribution in [0.5, 0.6) is 0 Å². The summed E-state index contributed by atoms with van der Waals surface area (Å²) in [6, 6.07) is 84.5. The minimum atomic E-state index is -0.0638. The van der Waals surface area contributed by atoms with E-state index >= 15 is 0 Å². The number of halogens is 1. The number of nitrogens with one attached hydrogen (secondary N) is 1. The fourth-order valence-corrected chi connectivity index (χ4v) is 12.2. The van der Waals surface area contributed by atoms with Gasteiger partial charge in [-0.1, -0.05) is 182 Å². The van der Waals surface area contributed by atoms with Crippen molar-refractivity contribution in [1.29, 1.82) is 0 Å². The normalized spacial score (nSPS) is 11.5. The molecule has 79 heavy (non-hydrogen) atoms. The van der Waals surface area contributed by atoms with E-state index in [0.717, 1.165) is 49.4 Å². The Morgan fingerprint density at radius 2 is 0.734 bits per heavy atom. The van der Waals surface area contributed by atoms with Gasteiger partial charge in [-0.2, -0.15) is 0 Å². The van der Waals surface area contributed by atoms with Gasteiger partial charge in [0.25, 0.3) is 11.1 Å². The number of pyridine rings is 4. The van der Waals surface area contributed by atoms with Crippen LogP contribution in [0.2, 0.25) is 0 Å². The average Bonchev–Trinajstić information content (AvgIpc) is 3.70. The third kappa shape index (κ3) is 8.43. The van der Waals surface area contributed by atoms with E-state index in [2.05, 4.69) is 213 Å². The number of H-pyrrole nitrogens is 1. The molecular formula is C72H45IN4O2. The smallest absolute Gasteiger partial charge is 0.263 e. The molecule has 0 saturated heterocycles. The number of hydrogen-bond donors (Lipinski definition) is 1. The predicted octanol–water partition coefficient (Wildman–Crippen LogP) is 18.2. The molecule has 0 amide bonds. The summed E-state index contributed by atoms with van der Waals surface area (Å²) in [4.78, 5) is 36.7. The highest BCUT2D eigenvalue weighted by Gasteiger charge is 2.15. The van der Waals surface area contributed by atoms with E-state index in [1.165, 1.54) is 79.3 Å². The van der Waals surface area contributed by atoms with Gasteiger partial charge in [-0.05, 0) is 170 Å². The highest BCUT2D eigenvalue weighted by atomic mass is 127. The van der Waals surface area contributed by atoms with Crippen molar-refractivity contribution in [3.05, 3.63) is 292 Å². The van der Waals surface area contributed by atoms with Crippen LogP contribution in [0.15, 0.2) is 277 Å². The summed E-state index contributed by atoms with van der Waals surface area (Å²) in [6.45, 7) is 0. The summed E-state index contributed by atoms with van der Waals surface area (Å²) in [5, 5.41) is 20.6. The first-order valence-electron chi connectivity index (χ1n) is 26.2. The van der Waals surface area contributed by atoms with E-state index in [4.69, 9.17) is 0 Å². The lowest BCUT2D eigenvalue weighted by atomic mass is 9.92.